The molecule has 1 atom stereocenters. The zero-order valence-corrected chi connectivity index (χ0v) is 11.0. The Hall–Kier alpha value is -2.13. The van der Waals surface area contributed by atoms with Crippen LogP contribution in [0.3, 0.4) is 0 Å². The minimum absolute atomic E-state index is 0.0233. The van der Waals surface area contributed by atoms with Gasteiger partial charge in [0.2, 0.25) is 0 Å². The Morgan fingerprint density at radius 2 is 2.20 bits per heavy atom. The molecule has 2 fully saturated rings. The molecule has 0 radical (unpaired) electrons. The van der Waals surface area contributed by atoms with E-state index < -0.39 is 23.0 Å². The van der Waals surface area contributed by atoms with Crippen LogP contribution in [-0.4, -0.2) is 24.6 Å². The predicted octanol–water partition coefficient (Wildman–Crippen LogP) is 1.57. The number of cyclic esters (lactones) is 1. The number of nitriles is 1. The lowest BCUT2D eigenvalue weighted by molar-refractivity contribution is 0.162. The van der Waals surface area contributed by atoms with Gasteiger partial charge in [0.05, 0.1) is 11.5 Å². The summed E-state index contributed by atoms with van der Waals surface area (Å²) in [5, 5.41) is 9.13. The number of likely N-dealkylation sites (N-methyl/N-ethyl adjacent to an activating group) is 1. The van der Waals surface area contributed by atoms with Crippen molar-refractivity contribution in [3.63, 3.8) is 0 Å². The van der Waals surface area contributed by atoms with Crippen molar-refractivity contribution in [2.24, 2.45) is 5.73 Å². The van der Waals surface area contributed by atoms with Gasteiger partial charge in [0.15, 0.2) is 5.66 Å². The summed E-state index contributed by atoms with van der Waals surface area (Å²) in [7, 11) is 1.51. The van der Waals surface area contributed by atoms with Crippen molar-refractivity contribution < 1.29 is 13.9 Å². The number of carbonyl (C=O) groups is 1. The van der Waals surface area contributed by atoms with E-state index in [1.807, 2.05) is 0 Å². The monoisotopic (exact) mass is 275 g/mol. The Balaban J connectivity index is 2.00. The summed E-state index contributed by atoms with van der Waals surface area (Å²) in [6.45, 7) is -0.0233. The average molecular weight is 275 g/mol. The summed E-state index contributed by atoms with van der Waals surface area (Å²) in [5.74, 6) is -0.459. The Kier molecular flexibility index (Phi) is 2.53. The highest BCUT2D eigenvalue weighted by atomic mass is 19.1. The van der Waals surface area contributed by atoms with Crippen LogP contribution < -0.4 is 5.73 Å². The SMILES string of the molecule is CN1C(=O)OCC1(N)c1ccc(C2(C#N)CC2)c(F)c1. The number of ether oxygens (including phenoxy) is 1. The van der Waals surface area contributed by atoms with E-state index >= 15 is 0 Å². The first-order valence-corrected chi connectivity index (χ1v) is 6.34. The quantitative estimate of drug-likeness (QED) is 0.888. The molecule has 3 rings (SSSR count). The van der Waals surface area contributed by atoms with Crippen LogP contribution in [0.5, 0.6) is 0 Å². The molecular formula is C14H14FN3O2. The molecule has 1 aliphatic carbocycles. The van der Waals surface area contributed by atoms with Crippen molar-refractivity contribution >= 4 is 6.09 Å². The maximum absolute atomic E-state index is 14.3. The molecule has 2 aliphatic rings. The van der Waals surface area contributed by atoms with E-state index in [1.165, 1.54) is 18.0 Å². The van der Waals surface area contributed by atoms with Gasteiger partial charge in [-0.25, -0.2) is 9.18 Å². The Labute approximate surface area is 115 Å². The van der Waals surface area contributed by atoms with Crippen molar-refractivity contribution in [3.05, 3.63) is 35.1 Å². The molecule has 1 aromatic carbocycles. The summed E-state index contributed by atoms with van der Waals surface area (Å²) >= 11 is 0. The number of carbonyl (C=O) groups excluding carboxylic acids is 1. The molecule has 1 saturated heterocycles. The first-order valence-electron chi connectivity index (χ1n) is 6.34. The summed E-state index contributed by atoms with van der Waals surface area (Å²) in [6.07, 6.45) is 0.817. The highest BCUT2D eigenvalue weighted by Gasteiger charge is 2.48. The minimum atomic E-state index is -1.17. The van der Waals surface area contributed by atoms with Gasteiger partial charge < -0.3 is 10.5 Å². The van der Waals surface area contributed by atoms with Crippen molar-refractivity contribution in [1.29, 1.82) is 5.26 Å². The molecule has 20 heavy (non-hydrogen) atoms. The number of nitrogens with zero attached hydrogens (tertiary/aromatic N) is 2. The third-order valence-corrected chi connectivity index (χ3v) is 4.24. The Bertz CT molecular complexity index is 636. The maximum atomic E-state index is 14.3. The van der Waals surface area contributed by atoms with Crippen LogP contribution >= 0.6 is 0 Å². The Morgan fingerprint density at radius 1 is 1.50 bits per heavy atom. The molecular weight excluding hydrogens is 261 g/mol. The van der Waals surface area contributed by atoms with Gasteiger partial charge >= 0.3 is 6.09 Å². The van der Waals surface area contributed by atoms with Crippen LogP contribution in [0.15, 0.2) is 18.2 Å². The van der Waals surface area contributed by atoms with E-state index in [0.29, 0.717) is 24.0 Å². The number of amides is 1. The topological polar surface area (TPSA) is 79.3 Å². The first-order chi connectivity index (χ1) is 9.43. The van der Waals surface area contributed by atoms with E-state index in [0.717, 1.165) is 0 Å². The van der Waals surface area contributed by atoms with Crippen molar-refractivity contribution in [3.8, 4) is 6.07 Å². The first kappa shape index (κ1) is 12.9. The molecule has 2 N–H and O–H groups in total. The second kappa shape index (κ2) is 3.93. The lowest BCUT2D eigenvalue weighted by Crippen LogP contribution is -2.50. The molecule has 1 aromatic rings. The lowest BCUT2D eigenvalue weighted by Gasteiger charge is -2.29. The highest BCUT2D eigenvalue weighted by Crippen LogP contribution is 2.48. The molecule has 6 heteroatoms. The van der Waals surface area contributed by atoms with Crippen LogP contribution in [-0.2, 0) is 15.8 Å². The fraction of sp³-hybridized carbons (Fsp3) is 0.429. The van der Waals surface area contributed by atoms with E-state index in [-0.39, 0.29) is 6.61 Å². The predicted molar refractivity (Wildman–Crippen MR) is 67.9 cm³/mol. The summed E-state index contributed by atoms with van der Waals surface area (Å²) in [4.78, 5) is 12.7. The van der Waals surface area contributed by atoms with E-state index in [2.05, 4.69) is 6.07 Å². The highest BCUT2D eigenvalue weighted by molar-refractivity contribution is 5.71. The second-order valence-corrected chi connectivity index (χ2v) is 5.43. The van der Waals surface area contributed by atoms with E-state index in [4.69, 9.17) is 15.7 Å². The van der Waals surface area contributed by atoms with Gasteiger partial charge in [0.25, 0.3) is 0 Å². The Morgan fingerprint density at radius 3 is 2.65 bits per heavy atom. The van der Waals surface area contributed by atoms with Crippen molar-refractivity contribution in [2.75, 3.05) is 13.7 Å². The zero-order valence-electron chi connectivity index (χ0n) is 11.0. The molecule has 1 aliphatic heterocycles. The van der Waals surface area contributed by atoms with E-state index in [9.17, 15) is 9.18 Å². The number of nitrogens with two attached hydrogens (primary N) is 1. The second-order valence-electron chi connectivity index (χ2n) is 5.43. The minimum Gasteiger partial charge on any atom is -0.445 e. The molecule has 1 heterocycles. The van der Waals surface area contributed by atoms with Gasteiger partial charge in [0.1, 0.15) is 12.4 Å². The molecule has 0 spiro atoms. The third kappa shape index (κ3) is 1.60. The van der Waals surface area contributed by atoms with Gasteiger partial charge in [-0.2, -0.15) is 5.26 Å². The van der Waals surface area contributed by atoms with Crippen LogP contribution in [0.1, 0.15) is 24.0 Å². The summed E-state index contributed by atoms with van der Waals surface area (Å²) in [5.41, 5.74) is 5.15. The normalized spacial score (nSPS) is 27.1. The zero-order chi connectivity index (χ0) is 14.5. The van der Waals surface area contributed by atoms with Crippen LogP contribution in [0.2, 0.25) is 0 Å². The van der Waals surface area contributed by atoms with E-state index in [1.54, 1.807) is 12.1 Å². The third-order valence-electron chi connectivity index (χ3n) is 4.24. The number of rotatable bonds is 2. The number of hydrogen-bond donors (Lipinski definition) is 1. The van der Waals surface area contributed by atoms with Crippen LogP contribution in [0, 0.1) is 17.1 Å². The smallest absolute Gasteiger partial charge is 0.411 e. The van der Waals surface area contributed by atoms with Gasteiger partial charge in [-0.1, -0.05) is 12.1 Å². The van der Waals surface area contributed by atoms with Crippen molar-refractivity contribution in [1.82, 2.24) is 4.90 Å². The van der Waals surface area contributed by atoms with Gasteiger partial charge in [-0.3, -0.25) is 4.90 Å². The fourth-order valence-electron chi connectivity index (χ4n) is 2.54. The van der Waals surface area contributed by atoms with Crippen molar-refractivity contribution in [2.45, 2.75) is 23.9 Å². The molecule has 0 aromatic heterocycles. The molecule has 1 saturated carbocycles. The van der Waals surface area contributed by atoms with Gasteiger partial charge in [-0.05, 0) is 24.5 Å². The lowest BCUT2D eigenvalue weighted by atomic mass is 9.92. The summed E-state index contributed by atoms with van der Waals surface area (Å²) in [6, 6.07) is 6.71. The van der Waals surface area contributed by atoms with Crippen LogP contribution in [0.4, 0.5) is 9.18 Å². The summed E-state index contributed by atoms with van der Waals surface area (Å²) < 4.78 is 19.2. The van der Waals surface area contributed by atoms with Gasteiger partial charge in [0, 0.05) is 12.6 Å². The number of hydrogen-bond acceptors (Lipinski definition) is 4. The molecule has 1 unspecified atom stereocenters. The average Bonchev–Trinajstić information content (AvgIpc) is 3.19. The van der Waals surface area contributed by atoms with Gasteiger partial charge in [-0.15, -0.1) is 0 Å². The largest absolute Gasteiger partial charge is 0.445 e. The fourth-order valence-corrected chi connectivity index (χ4v) is 2.54. The van der Waals surface area contributed by atoms with Crippen LogP contribution in [0.25, 0.3) is 0 Å². The molecule has 5 nitrogen and oxygen atoms in total. The molecule has 104 valence electrons. The standard InChI is InChI=1S/C14H14FN3O2/c1-18-12(19)20-8-14(18,17)9-2-3-10(11(15)6-9)13(7-16)4-5-13/h2-3,6H,4-5,8,17H2,1H3. The molecule has 1 amide bonds. The number of halogens is 1. The number of benzene rings is 1. The maximum Gasteiger partial charge on any atom is 0.411 e. The molecule has 0 bridgehead atoms.